The molecule has 2 aromatic carbocycles. The number of amides is 1. The zero-order chi connectivity index (χ0) is 23.4. The van der Waals surface area contributed by atoms with E-state index < -0.39 is 21.5 Å². The molecule has 2 heterocycles. The van der Waals surface area contributed by atoms with Gasteiger partial charge in [0.25, 0.3) is 5.56 Å². The van der Waals surface area contributed by atoms with Crippen LogP contribution < -0.4 is 10.9 Å². The summed E-state index contributed by atoms with van der Waals surface area (Å²) in [5.74, 6) is -0.396. The van der Waals surface area contributed by atoms with E-state index in [4.69, 9.17) is 4.74 Å². The van der Waals surface area contributed by atoms with E-state index in [9.17, 15) is 18.0 Å². The van der Waals surface area contributed by atoms with Gasteiger partial charge in [-0.25, -0.2) is 13.1 Å². The molecular weight excluding hydrogens is 444 g/mol. The second kappa shape index (κ2) is 9.65. The quantitative estimate of drug-likeness (QED) is 0.591. The zero-order valence-electron chi connectivity index (χ0n) is 18.1. The number of morpholine rings is 1. The monoisotopic (exact) mass is 468 g/mol. The number of hydrogen-bond acceptors (Lipinski definition) is 6. The molecule has 0 saturated carbocycles. The molecule has 9 nitrogen and oxygen atoms in total. The highest BCUT2D eigenvalue weighted by molar-refractivity contribution is 7.89. The summed E-state index contributed by atoms with van der Waals surface area (Å²) in [6.45, 7) is 2.77. The number of nitrogens with one attached hydrogen (secondary N) is 1. The van der Waals surface area contributed by atoms with Crippen molar-refractivity contribution in [2.24, 2.45) is 0 Å². The first kappa shape index (κ1) is 22.8. The van der Waals surface area contributed by atoms with Crippen molar-refractivity contribution in [2.75, 3.05) is 31.6 Å². The molecule has 1 N–H and O–H groups in total. The summed E-state index contributed by atoms with van der Waals surface area (Å²) in [5, 5.41) is 7.02. The molecule has 4 rings (SSSR count). The summed E-state index contributed by atoms with van der Waals surface area (Å²) >= 11 is 0. The van der Waals surface area contributed by atoms with Crippen molar-refractivity contribution < 1.29 is 17.9 Å². The van der Waals surface area contributed by atoms with Crippen molar-refractivity contribution in [3.8, 4) is 11.3 Å². The molecule has 0 unspecified atom stereocenters. The van der Waals surface area contributed by atoms with Gasteiger partial charge in [-0.1, -0.05) is 30.3 Å². The van der Waals surface area contributed by atoms with Gasteiger partial charge in [0.2, 0.25) is 15.9 Å². The lowest BCUT2D eigenvalue weighted by Crippen LogP contribution is -2.40. The van der Waals surface area contributed by atoms with Gasteiger partial charge in [0.05, 0.1) is 23.8 Å². The molecule has 0 bridgehead atoms. The van der Waals surface area contributed by atoms with Crippen LogP contribution in [0.5, 0.6) is 0 Å². The van der Waals surface area contributed by atoms with Crippen LogP contribution in [-0.2, 0) is 26.1 Å². The Kier molecular flexibility index (Phi) is 6.68. The molecular formula is C23H24N4O5S. The smallest absolute Gasteiger partial charge is 0.267 e. The Morgan fingerprint density at radius 1 is 1.06 bits per heavy atom. The molecule has 1 amide bonds. The number of hydrogen-bond donors (Lipinski definition) is 1. The number of aryl methyl sites for hydroxylation is 1. The highest BCUT2D eigenvalue weighted by Crippen LogP contribution is 2.26. The van der Waals surface area contributed by atoms with Crippen molar-refractivity contribution >= 4 is 21.6 Å². The molecule has 1 aliphatic heterocycles. The maximum atomic E-state index is 13.2. The lowest BCUT2D eigenvalue weighted by Gasteiger charge is -2.26. The standard InChI is InChI=1S/C23H24N4O5S/c1-17-7-8-18(15-21(17)33(30,31)26-11-13-32-14-12-26)20-9-10-23(29)27(25-20)16-22(28)24-19-5-3-2-4-6-19/h2-10,15H,11-14,16H2,1H3,(H,24,28). The summed E-state index contributed by atoms with van der Waals surface area (Å²) in [5.41, 5.74) is 1.71. The first-order valence-corrected chi connectivity index (χ1v) is 11.9. The molecule has 1 fully saturated rings. The average molecular weight is 469 g/mol. The minimum absolute atomic E-state index is 0.184. The second-order valence-electron chi connectivity index (χ2n) is 7.63. The van der Waals surface area contributed by atoms with Crippen molar-refractivity contribution in [3.05, 3.63) is 76.6 Å². The first-order chi connectivity index (χ1) is 15.8. The van der Waals surface area contributed by atoms with Crippen molar-refractivity contribution in [3.63, 3.8) is 0 Å². The molecule has 10 heteroatoms. The van der Waals surface area contributed by atoms with E-state index >= 15 is 0 Å². The van der Waals surface area contributed by atoms with Crippen molar-refractivity contribution in [1.82, 2.24) is 14.1 Å². The topological polar surface area (TPSA) is 111 Å². The fourth-order valence-electron chi connectivity index (χ4n) is 3.54. The molecule has 0 radical (unpaired) electrons. The fourth-order valence-corrected chi connectivity index (χ4v) is 5.20. The van der Waals surface area contributed by atoms with E-state index in [0.717, 1.165) is 4.68 Å². The van der Waals surface area contributed by atoms with Crippen LogP contribution in [0, 0.1) is 6.92 Å². The van der Waals surface area contributed by atoms with Crippen LogP contribution in [0.25, 0.3) is 11.3 Å². The van der Waals surface area contributed by atoms with Crippen LogP contribution in [-0.4, -0.2) is 54.7 Å². The number of carbonyl (C=O) groups is 1. The fraction of sp³-hybridized carbons (Fsp3) is 0.261. The number of anilines is 1. The number of benzene rings is 2. The largest absolute Gasteiger partial charge is 0.379 e. The van der Waals surface area contributed by atoms with Crippen LogP contribution in [0.15, 0.2) is 70.4 Å². The maximum Gasteiger partial charge on any atom is 0.267 e. The molecule has 1 aromatic heterocycles. The van der Waals surface area contributed by atoms with E-state index in [0.29, 0.717) is 48.8 Å². The summed E-state index contributed by atoms with van der Waals surface area (Å²) in [6.07, 6.45) is 0. The predicted octanol–water partition coefficient (Wildman–Crippen LogP) is 1.88. The molecule has 33 heavy (non-hydrogen) atoms. The van der Waals surface area contributed by atoms with Crippen LogP contribution in [0.4, 0.5) is 5.69 Å². The molecule has 1 aliphatic rings. The van der Waals surface area contributed by atoms with Gasteiger partial charge in [0, 0.05) is 30.4 Å². The normalized spacial score (nSPS) is 14.7. The number of nitrogens with zero attached hydrogens (tertiary/aromatic N) is 3. The lowest BCUT2D eigenvalue weighted by molar-refractivity contribution is -0.117. The van der Waals surface area contributed by atoms with Gasteiger partial charge in [-0.2, -0.15) is 9.40 Å². The Morgan fingerprint density at radius 3 is 2.52 bits per heavy atom. The molecule has 172 valence electrons. The van der Waals surface area contributed by atoms with Gasteiger partial charge >= 0.3 is 0 Å². The van der Waals surface area contributed by atoms with Gasteiger partial charge in [-0.3, -0.25) is 9.59 Å². The Balaban J connectivity index is 1.61. The van der Waals surface area contributed by atoms with Crippen molar-refractivity contribution in [1.29, 1.82) is 0 Å². The Bertz CT molecular complexity index is 1320. The van der Waals surface area contributed by atoms with Gasteiger partial charge in [0.15, 0.2) is 0 Å². The second-order valence-corrected chi connectivity index (χ2v) is 9.53. The SMILES string of the molecule is Cc1ccc(-c2ccc(=O)n(CC(=O)Nc3ccccc3)n2)cc1S(=O)(=O)N1CCOCC1. The number of carbonyl (C=O) groups excluding carboxylic acids is 1. The summed E-state index contributed by atoms with van der Waals surface area (Å²) in [4.78, 5) is 24.8. The Labute approximate surface area is 191 Å². The Morgan fingerprint density at radius 2 is 1.79 bits per heavy atom. The van der Waals surface area contributed by atoms with E-state index in [-0.39, 0.29) is 11.4 Å². The van der Waals surface area contributed by atoms with Gasteiger partial charge in [-0.05, 0) is 36.8 Å². The average Bonchev–Trinajstić information content (AvgIpc) is 2.82. The minimum atomic E-state index is -3.70. The Hall–Kier alpha value is -3.34. The van der Waals surface area contributed by atoms with Gasteiger partial charge in [0.1, 0.15) is 6.54 Å². The molecule has 0 atom stereocenters. The van der Waals surface area contributed by atoms with Gasteiger partial charge < -0.3 is 10.1 Å². The molecule has 3 aromatic rings. The van der Waals surface area contributed by atoms with Crippen LogP contribution in [0.1, 0.15) is 5.56 Å². The third-order valence-electron chi connectivity index (χ3n) is 5.29. The highest BCUT2D eigenvalue weighted by atomic mass is 32.2. The minimum Gasteiger partial charge on any atom is -0.379 e. The lowest BCUT2D eigenvalue weighted by atomic mass is 10.1. The summed E-state index contributed by atoms with van der Waals surface area (Å²) in [6, 6.07) is 16.7. The molecule has 0 spiro atoms. The van der Waals surface area contributed by atoms with E-state index in [1.165, 1.54) is 16.4 Å². The van der Waals surface area contributed by atoms with E-state index in [2.05, 4.69) is 10.4 Å². The summed E-state index contributed by atoms with van der Waals surface area (Å²) < 4.78 is 34.1. The predicted molar refractivity (Wildman–Crippen MR) is 123 cm³/mol. The zero-order valence-corrected chi connectivity index (χ0v) is 18.9. The third kappa shape index (κ3) is 5.19. The van der Waals surface area contributed by atoms with Crippen LogP contribution >= 0.6 is 0 Å². The molecule has 0 aliphatic carbocycles. The number of rotatable bonds is 6. The van der Waals surface area contributed by atoms with Crippen LogP contribution in [0.2, 0.25) is 0 Å². The summed E-state index contributed by atoms with van der Waals surface area (Å²) in [7, 11) is -3.70. The van der Waals surface area contributed by atoms with E-state index in [1.807, 2.05) is 6.07 Å². The van der Waals surface area contributed by atoms with Crippen molar-refractivity contribution in [2.45, 2.75) is 18.4 Å². The van der Waals surface area contributed by atoms with E-state index in [1.54, 1.807) is 49.4 Å². The van der Waals surface area contributed by atoms with Gasteiger partial charge in [-0.15, -0.1) is 0 Å². The number of sulfonamides is 1. The highest BCUT2D eigenvalue weighted by Gasteiger charge is 2.28. The number of ether oxygens (including phenoxy) is 1. The number of para-hydroxylation sites is 1. The number of aromatic nitrogens is 2. The first-order valence-electron chi connectivity index (χ1n) is 10.5. The van der Waals surface area contributed by atoms with Crippen LogP contribution in [0.3, 0.4) is 0 Å². The molecule has 1 saturated heterocycles. The third-order valence-corrected chi connectivity index (χ3v) is 7.33. The maximum absolute atomic E-state index is 13.2.